The fourth-order valence-corrected chi connectivity index (χ4v) is 4.15. The van der Waals surface area contributed by atoms with Gasteiger partial charge >= 0.3 is 0 Å². The predicted octanol–water partition coefficient (Wildman–Crippen LogP) is 2.95. The standard InChI is InChI=1S/C22H26N4O5S/c1-25(16-20-23-22(24-31-20)17-10-5-4-6-11-17)21(27)14-9-15-26(32(3,28)29)18-12-7-8-13-19(18)30-2/h4-8,10-13H,9,14-16H2,1-3H3. The molecule has 3 aromatic rings. The Bertz CT molecular complexity index is 1150. The number of para-hydroxylation sites is 2. The summed E-state index contributed by atoms with van der Waals surface area (Å²) in [5.41, 5.74) is 1.27. The van der Waals surface area contributed by atoms with Gasteiger partial charge in [-0.2, -0.15) is 4.98 Å². The summed E-state index contributed by atoms with van der Waals surface area (Å²) in [5.74, 6) is 1.08. The molecule has 0 saturated carbocycles. The van der Waals surface area contributed by atoms with E-state index in [1.54, 1.807) is 31.3 Å². The van der Waals surface area contributed by atoms with Crippen LogP contribution in [-0.4, -0.2) is 56.3 Å². The van der Waals surface area contributed by atoms with Gasteiger partial charge in [-0.25, -0.2) is 8.42 Å². The molecule has 0 unspecified atom stereocenters. The van der Waals surface area contributed by atoms with Crippen LogP contribution in [0.25, 0.3) is 11.4 Å². The lowest BCUT2D eigenvalue weighted by atomic mass is 10.2. The first kappa shape index (κ1) is 23.3. The minimum absolute atomic E-state index is 0.150. The molecule has 10 heteroatoms. The van der Waals surface area contributed by atoms with Gasteiger partial charge in [-0.05, 0) is 18.6 Å². The molecule has 0 fully saturated rings. The van der Waals surface area contributed by atoms with Gasteiger partial charge in [-0.15, -0.1) is 0 Å². The van der Waals surface area contributed by atoms with Gasteiger partial charge in [0.1, 0.15) is 5.75 Å². The van der Waals surface area contributed by atoms with Gasteiger partial charge in [-0.1, -0.05) is 47.6 Å². The summed E-state index contributed by atoms with van der Waals surface area (Å²) in [6, 6.07) is 16.3. The Morgan fingerprint density at radius 1 is 1.09 bits per heavy atom. The van der Waals surface area contributed by atoms with E-state index in [1.165, 1.54) is 16.3 Å². The van der Waals surface area contributed by atoms with Crippen molar-refractivity contribution in [1.29, 1.82) is 0 Å². The molecule has 0 spiro atoms. The monoisotopic (exact) mass is 458 g/mol. The highest BCUT2D eigenvalue weighted by Crippen LogP contribution is 2.29. The lowest BCUT2D eigenvalue weighted by Gasteiger charge is -2.24. The second kappa shape index (κ2) is 10.3. The predicted molar refractivity (Wildman–Crippen MR) is 121 cm³/mol. The van der Waals surface area contributed by atoms with E-state index in [0.29, 0.717) is 29.6 Å². The molecule has 2 aromatic carbocycles. The third-order valence-corrected chi connectivity index (χ3v) is 5.98. The minimum atomic E-state index is -3.55. The van der Waals surface area contributed by atoms with Crippen LogP contribution in [0, 0.1) is 0 Å². The zero-order valence-electron chi connectivity index (χ0n) is 18.3. The number of hydrogen-bond donors (Lipinski definition) is 0. The van der Waals surface area contributed by atoms with E-state index in [1.807, 2.05) is 30.3 Å². The Morgan fingerprint density at radius 3 is 2.47 bits per heavy atom. The zero-order chi connectivity index (χ0) is 23.1. The first-order valence-corrected chi connectivity index (χ1v) is 11.9. The molecular formula is C22H26N4O5S. The maximum absolute atomic E-state index is 12.6. The molecule has 0 N–H and O–H groups in total. The van der Waals surface area contributed by atoms with Crippen molar-refractivity contribution in [3.05, 3.63) is 60.5 Å². The summed E-state index contributed by atoms with van der Waals surface area (Å²) >= 11 is 0. The van der Waals surface area contributed by atoms with Crippen molar-refractivity contribution >= 4 is 21.6 Å². The van der Waals surface area contributed by atoms with Crippen LogP contribution in [0.5, 0.6) is 5.75 Å². The number of carbonyl (C=O) groups is 1. The molecule has 0 saturated heterocycles. The average Bonchev–Trinajstić information content (AvgIpc) is 3.24. The Kier molecular flexibility index (Phi) is 7.47. The third-order valence-electron chi connectivity index (χ3n) is 4.80. The molecule has 3 rings (SSSR count). The molecule has 0 aliphatic carbocycles. The largest absolute Gasteiger partial charge is 0.495 e. The van der Waals surface area contributed by atoms with E-state index in [2.05, 4.69) is 10.1 Å². The third kappa shape index (κ3) is 5.85. The van der Waals surface area contributed by atoms with Gasteiger partial charge in [0.2, 0.25) is 27.6 Å². The minimum Gasteiger partial charge on any atom is -0.495 e. The fourth-order valence-electron chi connectivity index (χ4n) is 3.18. The smallest absolute Gasteiger partial charge is 0.246 e. The Morgan fingerprint density at radius 2 is 1.78 bits per heavy atom. The molecule has 1 heterocycles. The number of aromatic nitrogens is 2. The number of amides is 1. The van der Waals surface area contributed by atoms with Crippen molar-refractivity contribution in [3.63, 3.8) is 0 Å². The highest BCUT2D eigenvalue weighted by atomic mass is 32.2. The second-order valence-corrected chi connectivity index (χ2v) is 9.14. The van der Waals surface area contributed by atoms with Gasteiger partial charge in [0.05, 0.1) is 25.6 Å². The van der Waals surface area contributed by atoms with Gasteiger partial charge in [0, 0.05) is 25.6 Å². The normalized spacial score (nSPS) is 11.2. The molecule has 1 aromatic heterocycles. The summed E-state index contributed by atoms with van der Waals surface area (Å²) in [4.78, 5) is 18.4. The molecule has 0 atom stereocenters. The van der Waals surface area contributed by atoms with E-state index in [9.17, 15) is 13.2 Å². The molecular weight excluding hydrogens is 432 g/mol. The molecule has 0 bridgehead atoms. The van der Waals surface area contributed by atoms with Crippen molar-refractivity contribution in [1.82, 2.24) is 15.0 Å². The number of ether oxygens (including phenoxy) is 1. The second-order valence-electron chi connectivity index (χ2n) is 7.24. The topological polar surface area (TPSA) is 106 Å². The van der Waals surface area contributed by atoms with E-state index in [4.69, 9.17) is 9.26 Å². The van der Waals surface area contributed by atoms with Crippen LogP contribution in [0.3, 0.4) is 0 Å². The number of sulfonamides is 1. The highest BCUT2D eigenvalue weighted by molar-refractivity contribution is 7.92. The Balaban J connectivity index is 1.58. The van der Waals surface area contributed by atoms with Crippen molar-refractivity contribution in [2.75, 3.05) is 31.3 Å². The summed E-state index contributed by atoms with van der Waals surface area (Å²) < 4.78 is 36.4. The Hall–Kier alpha value is -3.40. The number of rotatable bonds is 10. The number of hydrogen-bond acceptors (Lipinski definition) is 7. The maximum Gasteiger partial charge on any atom is 0.246 e. The SMILES string of the molecule is COc1ccccc1N(CCCC(=O)N(C)Cc1nc(-c2ccccc2)no1)S(C)(=O)=O. The molecule has 1 amide bonds. The van der Waals surface area contributed by atoms with E-state index in [-0.39, 0.29) is 25.4 Å². The highest BCUT2D eigenvalue weighted by Gasteiger charge is 2.21. The van der Waals surface area contributed by atoms with Crippen molar-refractivity contribution in [2.24, 2.45) is 0 Å². The van der Waals surface area contributed by atoms with E-state index in [0.717, 1.165) is 11.8 Å². The van der Waals surface area contributed by atoms with Gasteiger partial charge in [-0.3, -0.25) is 9.10 Å². The summed E-state index contributed by atoms with van der Waals surface area (Å²) in [6.45, 7) is 0.318. The van der Waals surface area contributed by atoms with Crippen molar-refractivity contribution in [3.8, 4) is 17.1 Å². The van der Waals surface area contributed by atoms with E-state index < -0.39 is 10.0 Å². The number of nitrogens with zero attached hydrogens (tertiary/aromatic N) is 4. The van der Waals surface area contributed by atoms with Crippen LogP contribution in [0.2, 0.25) is 0 Å². The van der Waals surface area contributed by atoms with Crippen LogP contribution in [0.1, 0.15) is 18.7 Å². The maximum atomic E-state index is 12.6. The first-order chi connectivity index (χ1) is 15.3. The van der Waals surface area contributed by atoms with Crippen LogP contribution in [0.15, 0.2) is 59.1 Å². The van der Waals surface area contributed by atoms with Gasteiger partial charge < -0.3 is 14.2 Å². The van der Waals surface area contributed by atoms with E-state index >= 15 is 0 Å². The lowest BCUT2D eigenvalue weighted by molar-refractivity contribution is -0.130. The lowest BCUT2D eigenvalue weighted by Crippen LogP contribution is -2.32. The van der Waals surface area contributed by atoms with Crippen LogP contribution < -0.4 is 9.04 Å². The van der Waals surface area contributed by atoms with Crippen LogP contribution in [0.4, 0.5) is 5.69 Å². The van der Waals surface area contributed by atoms with Gasteiger partial charge in [0.25, 0.3) is 0 Å². The molecule has 0 radical (unpaired) electrons. The zero-order valence-corrected chi connectivity index (χ0v) is 19.1. The number of anilines is 1. The average molecular weight is 459 g/mol. The number of methoxy groups -OCH3 is 1. The molecule has 0 aliphatic heterocycles. The fraction of sp³-hybridized carbons (Fsp3) is 0.318. The molecule has 32 heavy (non-hydrogen) atoms. The van der Waals surface area contributed by atoms with Crippen LogP contribution in [-0.2, 0) is 21.4 Å². The first-order valence-electron chi connectivity index (χ1n) is 10.0. The summed E-state index contributed by atoms with van der Waals surface area (Å²) in [6.07, 6.45) is 1.64. The van der Waals surface area contributed by atoms with Gasteiger partial charge in [0.15, 0.2) is 0 Å². The number of benzene rings is 2. The van der Waals surface area contributed by atoms with Crippen molar-refractivity contribution in [2.45, 2.75) is 19.4 Å². The van der Waals surface area contributed by atoms with Crippen LogP contribution >= 0.6 is 0 Å². The molecule has 0 aliphatic rings. The molecule has 9 nitrogen and oxygen atoms in total. The Labute approximate surface area is 187 Å². The molecule has 170 valence electrons. The van der Waals surface area contributed by atoms with Crippen molar-refractivity contribution < 1.29 is 22.5 Å². The number of carbonyl (C=O) groups excluding carboxylic acids is 1. The quantitative estimate of drug-likeness (QED) is 0.460. The summed E-state index contributed by atoms with van der Waals surface area (Å²) in [5, 5.41) is 3.95. The summed E-state index contributed by atoms with van der Waals surface area (Å²) in [7, 11) is -0.419.